The van der Waals surface area contributed by atoms with Crippen molar-refractivity contribution in [1.82, 2.24) is 0 Å². The molecule has 8 nitrogen and oxygen atoms in total. The fourth-order valence-electron chi connectivity index (χ4n) is 3.54. The number of ether oxygens (including phenoxy) is 5. The minimum Gasteiger partial charge on any atom is -0.493 e. The number of methoxy groups -OCH3 is 5. The molecule has 0 unspecified atom stereocenters. The molecule has 0 aromatic heterocycles. The van der Waals surface area contributed by atoms with Gasteiger partial charge >= 0.3 is 0 Å². The zero-order valence-electron chi connectivity index (χ0n) is 21.0. The van der Waals surface area contributed by atoms with Gasteiger partial charge in [0.2, 0.25) is 11.7 Å². The quantitative estimate of drug-likeness (QED) is 0.231. The van der Waals surface area contributed by atoms with Crippen LogP contribution in [-0.4, -0.2) is 41.5 Å². The van der Waals surface area contributed by atoms with E-state index in [2.05, 4.69) is 5.32 Å². The first kappa shape index (κ1) is 26.0. The Morgan fingerprint density at radius 1 is 0.694 bits per heavy atom. The van der Waals surface area contributed by atoms with E-state index < -0.39 is 0 Å². The number of hydrogen-bond donors (Lipinski definition) is 2. The maximum Gasteiger partial charge on any atom is 0.248 e. The third-order valence-corrected chi connectivity index (χ3v) is 5.33. The summed E-state index contributed by atoms with van der Waals surface area (Å²) in [4.78, 5) is 12.8. The molecular weight excluding hydrogens is 460 g/mol. The van der Waals surface area contributed by atoms with E-state index in [4.69, 9.17) is 29.4 Å². The van der Waals surface area contributed by atoms with Gasteiger partial charge in [-0.1, -0.05) is 24.3 Å². The van der Waals surface area contributed by atoms with E-state index in [1.807, 2.05) is 42.5 Å². The smallest absolute Gasteiger partial charge is 0.248 e. The van der Waals surface area contributed by atoms with Crippen LogP contribution in [0.3, 0.4) is 0 Å². The van der Waals surface area contributed by atoms with Crippen LogP contribution in [0.4, 0.5) is 11.4 Å². The van der Waals surface area contributed by atoms with Crippen LogP contribution >= 0.6 is 0 Å². The van der Waals surface area contributed by atoms with Crippen LogP contribution in [0.25, 0.3) is 18.2 Å². The molecule has 0 spiro atoms. The number of nitrogen functional groups attached to an aromatic ring is 1. The zero-order chi connectivity index (χ0) is 26.1. The Morgan fingerprint density at radius 2 is 1.31 bits per heavy atom. The first-order chi connectivity index (χ1) is 17.4. The summed E-state index contributed by atoms with van der Waals surface area (Å²) >= 11 is 0. The van der Waals surface area contributed by atoms with E-state index >= 15 is 0 Å². The molecule has 0 heterocycles. The second-order valence-electron chi connectivity index (χ2n) is 7.55. The van der Waals surface area contributed by atoms with Gasteiger partial charge in [-0.15, -0.1) is 0 Å². The Balaban J connectivity index is 1.96. The van der Waals surface area contributed by atoms with Crippen molar-refractivity contribution in [1.29, 1.82) is 0 Å². The van der Waals surface area contributed by atoms with Crippen LogP contribution in [0, 0.1) is 0 Å². The Kier molecular flexibility index (Phi) is 8.83. The van der Waals surface area contributed by atoms with E-state index in [9.17, 15) is 4.79 Å². The van der Waals surface area contributed by atoms with Crippen molar-refractivity contribution in [2.75, 3.05) is 46.6 Å². The van der Waals surface area contributed by atoms with Crippen LogP contribution in [0.2, 0.25) is 0 Å². The average molecular weight is 491 g/mol. The standard InChI is InChI=1S/C28H30N2O6/c1-32-22-14-11-20(10-6-19-16-23(33-2)27(35-4)24(17-19)34-3)26(28(22)36-5)30-25(31)15-9-18-7-12-21(29)13-8-18/h6-17H,29H2,1-5H3,(H,30,31)/b10-6+,15-9+. The first-order valence-electron chi connectivity index (χ1n) is 11.0. The number of benzene rings is 3. The predicted molar refractivity (Wildman–Crippen MR) is 143 cm³/mol. The van der Waals surface area contributed by atoms with Gasteiger partial charge in [0.15, 0.2) is 23.0 Å². The van der Waals surface area contributed by atoms with Gasteiger partial charge in [-0.3, -0.25) is 4.79 Å². The van der Waals surface area contributed by atoms with E-state index in [0.29, 0.717) is 45.7 Å². The molecule has 188 valence electrons. The molecule has 0 aliphatic carbocycles. The number of nitrogens with two attached hydrogens (primary N) is 1. The Labute approximate surface area is 210 Å². The molecule has 3 aromatic carbocycles. The predicted octanol–water partition coefficient (Wildman–Crippen LogP) is 5.13. The van der Waals surface area contributed by atoms with Crippen molar-refractivity contribution < 1.29 is 28.5 Å². The first-order valence-corrected chi connectivity index (χ1v) is 11.0. The molecule has 3 N–H and O–H groups in total. The molecule has 0 fully saturated rings. The third kappa shape index (κ3) is 6.09. The topological polar surface area (TPSA) is 101 Å². The number of hydrogen-bond acceptors (Lipinski definition) is 7. The van der Waals surface area contributed by atoms with E-state index in [1.54, 1.807) is 45.6 Å². The minimum absolute atomic E-state index is 0.333. The van der Waals surface area contributed by atoms with Crippen molar-refractivity contribution >= 4 is 35.5 Å². The number of carbonyl (C=O) groups is 1. The lowest BCUT2D eigenvalue weighted by atomic mass is 10.1. The van der Waals surface area contributed by atoms with Crippen molar-refractivity contribution in [3.63, 3.8) is 0 Å². The Hall–Kier alpha value is -4.59. The van der Waals surface area contributed by atoms with Gasteiger partial charge in [0.25, 0.3) is 0 Å². The van der Waals surface area contributed by atoms with Gasteiger partial charge in [-0.2, -0.15) is 0 Å². The summed E-state index contributed by atoms with van der Waals surface area (Å²) in [5.74, 6) is 2.12. The molecule has 36 heavy (non-hydrogen) atoms. The summed E-state index contributed by atoms with van der Waals surface area (Å²) in [7, 11) is 7.73. The second-order valence-corrected chi connectivity index (χ2v) is 7.55. The van der Waals surface area contributed by atoms with Crippen LogP contribution in [0.5, 0.6) is 28.7 Å². The van der Waals surface area contributed by atoms with Crippen molar-refractivity contribution in [2.45, 2.75) is 0 Å². The van der Waals surface area contributed by atoms with Gasteiger partial charge in [-0.25, -0.2) is 0 Å². The highest BCUT2D eigenvalue weighted by molar-refractivity contribution is 6.04. The second kappa shape index (κ2) is 12.2. The maximum atomic E-state index is 12.8. The SMILES string of the molecule is COc1cc(/C=C/c2ccc(OC)c(OC)c2NC(=O)/C=C/c2ccc(N)cc2)cc(OC)c1OC. The summed E-state index contributed by atoms with van der Waals surface area (Å²) in [5, 5.41) is 2.91. The van der Waals surface area contributed by atoms with Crippen LogP contribution in [-0.2, 0) is 4.79 Å². The van der Waals surface area contributed by atoms with Crippen LogP contribution < -0.4 is 34.7 Å². The zero-order valence-corrected chi connectivity index (χ0v) is 21.0. The summed E-state index contributed by atoms with van der Waals surface area (Å²) in [6.07, 6.45) is 6.86. The third-order valence-electron chi connectivity index (χ3n) is 5.33. The molecular formula is C28H30N2O6. The van der Waals surface area contributed by atoms with Gasteiger partial charge in [0.05, 0.1) is 41.2 Å². The highest BCUT2D eigenvalue weighted by atomic mass is 16.5. The number of amides is 1. The molecule has 0 atom stereocenters. The lowest BCUT2D eigenvalue weighted by molar-refractivity contribution is -0.111. The van der Waals surface area contributed by atoms with E-state index in [1.165, 1.54) is 20.3 Å². The Morgan fingerprint density at radius 3 is 1.86 bits per heavy atom. The fourth-order valence-corrected chi connectivity index (χ4v) is 3.54. The highest BCUT2D eigenvalue weighted by Crippen LogP contribution is 2.40. The molecule has 3 rings (SSSR count). The van der Waals surface area contributed by atoms with Crippen molar-refractivity contribution in [3.05, 3.63) is 71.3 Å². The summed E-state index contributed by atoms with van der Waals surface area (Å²) < 4.78 is 27.3. The summed E-state index contributed by atoms with van der Waals surface area (Å²) in [6, 6.07) is 14.5. The molecule has 1 amide bonds. The molecule has 0 aliphatic heterocycles. The van der Waals surface area contributed by atoms with Gasteiger partial charge in [0, 0.05) is 17.3 Å². The molecule has 0 bridgehead atoms. The lowest BCUT2D eigenvalue weighted by Crippen LogP contribution is -2.11. The van der Waals surface area contributed by atoms with Crippen molar-refractivity contribution in [3.8, 4) is 28.7 Å². The largest absolute Gasteiger partial charge is 0.493 e. The van der Waals surface area contributed by atoms with Crippen molar-refractivity contribution in [2.24, 2.45) is 0 Å². The molecule has 0 radical (unpaired) electrons. The molecule has 0 aliphatic rings. The monoisotopic (exact) mass is 490 g/mol. The van der Waals surface area contributed by atoms with E-state index in [-0.39, 0.29) is 5.91 Å². The number of nitrogens with one attached hydrogen (secondary N) is 1. The summed E-state index contributed by atoms with van der Waals surface area (Å²) in [5.41, 5.74) is 9.20. The maximum absolute atomic E-state index is 12.8. The number of rotatable bonds is 10. The van der Waals surface area contributed by atoms with Gasteiger partial charge in [-0.05, 0) is 53.6 Å². The fraction of sp³-hybridized carbons (Fsp3) is 0.179. The molecule has 8 heteroatoms. The molecule has 3 aromatic rings. The number of carbonyl (C=O) groups excluding carboxylic acids is 1. The summed E-state index contributed by atoms with van der Waals surface area (Å²) in [6.45, 7) is 0. The van der Waals surface area contributed by atoms with Crippen LogP contribution in [0.15, 0.2) is 54.6 Å². The highest BCUT2D eigenvalue weighted by Gasteiger charge is 2.16. The van der Waals surface area contributed by atoms with Gasteiger partial charge < -0.3 is 34.7 Å². The normalized spacial score (nSPS) is 10.9. The molecule has 0 saturated heterocycles. The van der Waals surface area contributed by atoms with Crippen LogP contribution in [0.1, 0.15) is 16.7 Å². The molecule has 0 saturated carbocycles. The average Bonchev–Trinajstić information content (AvgIpc) is 2.90. The van der Waals surface area contributed by atoms with Gasteiger partial charge in [0.1, 0.15) is 0 Å². The number of anilines is 2. The lowest BCUT2D eigenvalue weighted by Gasteiger charge is -2.16. The Bertz CT molecular complexity index is 1240. The van der Waals surface area contributed by atoms with E-state index in [0.717, 1.165) is 11.1 Å². The minimum atomic E-state index is -0.333.